The first-order chi connectivity index (χ1) is 16.1. The predicted molar refractivity (Wildman–Crippen MR) is 132 cm³/mol. The van der Waals surface area contributed by atoms with Crippen LogP contribution >= 0.6 is 11.6 Å². The molecule has 34 heavy (non-hydrogen) atoms. The van der Waals surface area contributed by atoms with Crippen LogP contribution in [0.5, 0.6) is 0 Å². The van der Waals surface area contributed by atoms with Crippen LogP contribution in [0.2, 0.25) is 5.02 Å². The van der Waals surface area contributed by atoms with Gasteiger partial charge in [-0.1, -0.05) is 61.0 Å². The van der Waals surface area contributed by atoms with E-state index in [0.29, 0.717) is 22.6 Å². The lowest BCUT2D eigenvalue weighted by atomic mass is 9.65. The molecule has 5 rings (SSSR count). The number of hydrogen-bond donors (Lipinski definition) is 0. The maximum Gasteiger partial charge on any atom is 0.262 e. The standard InChI is InChI=1S/C28H25ClN2O3/c1-27(2)17-28(3,18-12-14-19(29)15-13-18)22-10-6-7-11-23(22)31(27)24(32)16-30-25(33)20-8-4-5-9-21(20)26(30)34/h4-15H,16-17H2,1-3H3/t28-/m1/s1. The van der Waals surface area contributed by atoms with Crippen molar-refractivity contribution < 1.29 is 14.4 Å². The van der Waals surface area contributed by atoms with Crippen LogP contribution in [0.25, 0.3) is 0 Å². The van der Waals surface area contributed by atoms with Crippen LogP contribution in [0.3, 0.4) is 0 Å². The number of rotatable bonds is 3. The molecule has 0 spiro atoms. The van der Waals surface area contributed by atoms with Gasteiger partial charge in [0.2, 0.25) is 5.91 Å². The van der Waals surface area contributed by atoms with Gasteiger partial charge in [-0.25, -0.2) is 0 Å². The molecule has 0 saturated carbocycles. The minimum atomic E-state index is -0.571. The molecule has 3 aromatic carbocycles. The summed E-state index contributed by atoms with van der Waals surface area (Å²) in [7, 11) is 0. The molecule has 0 unspecified atom stereocenters. The second-order valence-corrected chi connectivity index (χ2v) is 10.3. The van der Waals surface area contributed by atoms with Crippen LogP contribution < -0.4 is 4.90 Å². The Bertz CT molecular complexity index is 1300. The Labute approximate surface area is 203 Å². The van der Waals surface area contributed by atoms with Gasteiger partial charge in [-0.3, -0.25) is 19.3 Å². The highest BCUT2D eigenvalue weighted by molar-refractivity contribution is 6.30. The van der Waals surface area contributed by atoms with Crippen molar-refractivity contribution >= 4 is 35.0 Å². The number of carbonyl (C=O) groups is 3. The molecular weight excluding hydrogens is 448 g/mol. The predicted octanol–water partition coefficient (Wildman–Crippen LogP) is 5.46. The number of hydrogen-bond acceptors (Lipinski definition) is 3. The van der Waals surface area contributed by atoms with Gasteiger partial charge in [-0.05, 0) is 61.7 Å². The summed E-state index contributed by atoms with van der Waals surface area (Å²) in [6, 6.07) is 22.4. The van der Waals surface area contributed by atoms with E-state index in [9.17, 15) is 14.4 Å². The lowest BCUT2D eigenvalue weighted by molar-refractivity contribution is -0.120. The van der Waals surface area contributed by atoms with Crippen LogP contribution in [0, 0.1) is 0 Å². The van der Waals surface area contributed by atoms with E-state index in [1.54, 1.807) is 29.2 Å². The highest BCUT2D eigenvalue weighted by Crippen LogP contribution is 2.50. The molecule has 0 bridgehead atoms. The fraction of sp³-hybridized carbons (Fsp3) is 0.250. The Kier molecular flexibility index (Phi) is 5.14. The average Bonchev–Trinajstić information content (AvgIpc) is 3.04. The third-order valence-electron chi connectivity index (χ3n) is 7.03. The number of nitrogens with zero attached hydrogens (tertiary/aromatic N) is 2. The van der Waals surface area contributed by atoms with E-state index in [1.165, 1.54) is 0 Å². The van der Waals surface area contributed by atoms with Crippen LogP contribution in [0.15, 0.2) is 72.8 Å². The van der Waals surface area contributed by atoms with Gasteiger partial charge in [0.05, 0.1) is 11.1 Å². The normalized spacial score (nSPS) is 20.8. The topological polar surface area (TPSA) is 57.7 Å². The molecule has 0 aromatic heterocycles. The summed E-state index contributed by atoms with van der Waals surface area (Å²) in [5, 5.41) is 0.674. The first-order valence-electron chi connectivity index (χ1n) is 11.3. The van der Waals surface area contributed by atoms with E-state index in [-0.39, 0.29) is 17.9 Å². The molecule has 0 aliphatic carbocycles. The number of imide groups is 1. The maximum absolute atomic E-state index is 13.7. The van der Waals surface area contributed by atoms with Gasteiger partial charge in [-0.15, -0.1) is 0 Å². The van der Waals surface area contributed by atoms with E-state index in [2.05, 4.69) is 6.92 Å². The number of benzene rings is 3. The minimum Gasteiger partial charge on any atom is -0.305 e. The van der Waals surface area contributed by atoms with Gasteiger partial charge in [0.25, 0.3) is 11.8 Å². The zero-order valence-corrected chi connectivity index (χ0v) is 20.1. The van der Waals surface area contributed by atoms with E-state index in [4.69, 9.17) is 11.6 Å². The summed E-state index contributed by atoms with van der Waals surface area (Å²) in [6.07, 6.45) is 0.659. The number of para-hydroxylation sites is 1. The highest BCUT2D eigenvalue weighted by atomic mass is 35.5. The van der Waals surface area contributed by atoms with Gasteiger partial charge in [0.15, 0.2) is 0 Å². The van der Waals surface area contributed by atoms with Crippen LogP contribution in [0.1, 0.15) is 59.0 Å². The van der Waals surface area contributed by atoms with Crippen molar-refractivity contribution in [2.24, 2.45) is 0 Å². The fourth-order valence-electron chi connectivity index (χ4n) is 5.64. The quantitative estimate of drug-likeness (QED) is 0.476. The summed E-state index contributed by atoms with van der Waals surface area (Å²) in [5.41, 5.74) is 2.69. The first-order valence-corrected chi connectivity index (χ1v) is 11.7. The molecule has 2 aliphatic heterocycles. The monoisotopic (exact) mass is 472 g/mol. The summed E-state index contributed by atoms with van der Waals surface area (Å²) in [4.78, 5) is 42.3. The van der Waals surface area contributed by atoms with Crippen LogP contribution in [-0.2, 0) is 10.2 Å². The number of carbonyl (C=O) groups excluding carboxylic acids is 3. The summed E-state index contributed by atoms with van der Waals surface area (Å²) >= 11 is 6.14. The average molecular weight is 473 g/mol. The van der Waals surface area contributed by atoms with Crippen LogP contribution in [-0.4, -0.2) is 34.7 Å². The first kappa shape index (κ1) is 22.4. The second-order valence-electron chi connectivity index (χ2n) is 9.82. The third kappa shape index (κ3) is 3.34. The Morgan fingerprint density at radius 2 is 1.41 bits per heavy atom. The molecule has 0 N–H and O–H groups in total. The van der Waals surface area contributed by atoms with E-state index < -0.39 is 17.4 Å². The van der Waals surface area contributed by atoms with Crippen molar-refractivity contribution in [3.05, 3.63) is 100 Å². The molecule has 1 atom stereocenters. The molecule has 0 fully saturated rings. The fourth-order valence-corrected chi connectivity index (χ4v) is 5.76. The molecule has 3 aromatic rings. The third-order valence-corrected chi connectivity index (χ3v) is 7.29. The molecular formula is C28H25ClN2O3. The SMILES string of the molecule is CC1(C)C[C@](C)(c2ccc(Cl)cc2)c2ccccc2N1C(=O)CN1C(=O)c2ccccc2C1=O. The van der Waals surface area contributed by atoms with Crippen molar-refractivity contribution in [2.45, 2.75) is 38.1 Å². The Morgan fingerprint density at radius 3 is 2.03 bits per heavy atom. The van der Waals surface area contributed by atoms with Crippen molar-refractivity contribution in [1.29, 1.82) is 0 Å². The van der Waals surface area contributed by atoms with Gasteiger partial charge in [-0.2, -0.15) is 0 Å². The Morgan fingerprint density at radius 1 is 0.853 bits per heavy atom. The maximum atomic E-state index is 13.7. The lowest BCUT2D eigenvalue weighted by Gasteiger charge is -2.51. The second kappa shape index (κ2) is 7.81. The van der Waals surface area contributed by atoms with Crippen molar-refractivity contribution in [2.75, 3.05) is 11.4 Å². The van der Waals surface area contributed by atoms with Crippen molar-refractivity contribution in [3.8, 4) is 0 Å². The zero-order chi connectivity index (χ0) is 24.3. The largest absolute Gasteiger partial charge is 0.305 e. The highest BCUT2D eigenvalue weighted by Gasteiger charge is 2.48. The molecule has 0 saturated heterocycles. The summed E-state index contributed by atoms with van der Waals surface area (Å²) in [6.45, 7) is 5.93. The number of halogens is 1. The van der Waals surface area contributed by atoms with E-state index in [1.807, 2.05) is 62.4 Å². The van der Waals surface area contributed by atoms with E-state index in [0.717, 1.165) is 21.7 Å². The number of anilines is 1. The van der Waals surface area contributed by atoms with Crippen molar-refractivity contribution in [3.63, 3.8) is 0 Å². The van der Waals surface area contributed by atoms with Crippen LogP contribution in [0.4, 0.5) is 5.69 Å². The number of fused-ring (bicyclic) bond motifs is 2. The smallest absolute Gasteiger partial charge is 0.262 e. The lowest BCUT2D eigenvalue weighted by Crippen LogP contribution is -2.58. The molecule has 5 nitrogen and oxygen atoms in total. The molecule has 0 radical (unpaired) electrons. The van der Waals surface area contributed by atoms with Gasteiger partial charge in [0, 0.05) is 21.7 Å². The number of amides is 3. The van der Waals surface area contributed by atoms with E-state index >= 15 is 0 Å². The molecule has 2 aliphatic rings. The summed E-state index contributed by atoms with van der Waals surface area (Å²) < 4.78 is 0. The minimum absolute atomic E-state index is 0.287. The Hall–Kier alpha value is -3.44. The van der Waals surface area contributed by atoms with Gasteiger partial charge >= 0.3 is 0 Å². The molecule has 3 amide bonds. The molecule has 2 heterocycles. The Balaban J connectivity index is 1.53. The van der Waals surface area contributed by atoms with Crippen molar-refractivity contribution in [1.82, 2.24) is 4.90 Å². The van der Waals surface area contributed by atoms with Gasteiger partial charge < -0.3 is 4.90 Å². The summed E-state index contributed by atoms with van der Waals surface area (Å²) in [5.74, 6) is -1.14. The molecule has 172 valence electrons. The van der Waals surface area contributed by atoms with Gasteiger partial charge in [0.1, 0.15) is 6.54 Å². The zero-order valence-electron chi connectivity index (χ0n) is 19.3. The molecule has 6 heteroatoms.